The molecular formula is C102H64BN3O2. The number of fused-ring (bicyclic) bond motifs is 13. The number of anilines is 6. The van der Waals surface area contributed by atoms with Gasteiger partial charge in [-0.3, -0.25) is 0 Å². The molecule has 0 bridgehead atoms. The molecular weight excluding hydrogens is 1310 g/mol. The molecule has 0 atom stereocenters. The molecule has 0 saturated heterocycles. The first-order valence-corrected chi connectivity index (χ1v) is 37.1. The van der Waals surface area contributed by atoms with Crippen molar-refractivity contribution in [3.8, 4) is 94.7 Å². The van der Waals surface area contributed by atoms with Crippen LogP contribution in [0.5, 0.6) is 0 Å². The van der Waals surface area contributed by atoms with Crippen LogP contribution in [0.25, 0.3) is 160 Å². The van der Waals surface area contributed by atoms with Gasteiger partial charge in [0, 0.05) is 77.3 Å². The van der Waals surface area contributed by atoms with Gasteiger partial charge >= 0.3 is 0 Å². The minimum absolute atomic E-state index is 0.288. The monoisotopic (exact) mass is 1370 g/mol. The number of furan rings is 2. The third kappa shape index (κ3) is 9.81. The first-order chi connectivity index (χ1) is 53.6. The van der Waals surface area contributed by atoms with Crippen molar-refractivity contribution in [1.29, 1.82) is 0 Å². The summed E-state index contributed by atoms with van der Waals surface area (Å²) in [5.74, 6) is 0. The number of benzene rings is 17. The number of nitrogens with zero attached hydrogens (tertiary/aromatic N) is 3. The molecule has 0 radical (unpaired) electrons. The van der Waals surface area contributed by atoms with E-state index in [9.17, 15) is 0 Å². The van der Waals surface area contributed by atoms with Crippen LogP contribution in [0.4, 0.5) is 34.1 Å². The van der Waals surface area contributed by atoms with Gasteiger partial charge in [0.2, 0.25) is 0 Å². The predicted octanol–water partition coefficient (Wildman–Crippen LogP) is 26.0. The second-order valence-electron chi connectivity index (χ2n) is 28.6. The molecule has 0 aliphatic carbocycles. The molecule has 22 rings (SSSR count). The Bertz CT molecular complexity index is 6460. The summed E-state index contributed by atoms with van der Waals surface area (Å²) in [5.41, 5.74) is 34.7. The molecule has 5 heterocycles. The number of rotatable bonds is 11. The molecule has 2 aliphatic rings. The quantitative estimate of drug-likeness (QED) is 0.121. The van der Waals surface area contributed by atoms with Crippen LogP contribution >= 0.6 is 0 Å². The maximum Gasteiger partial charge on any atom is 0.252 e. The maximum atomic E-state index is 6.70. The van der Waals surface area contributed by atoms with Gasteiger partial charge in [-0.05, 0) is 168 Å². The highest BCUT2D eigenvalue weighted by Gasteiger charge is 2.46. The Kier molecular flexibility index (Phi) is 14.0. The van der Waals surface area contributed by atoms with E-state index in [-0.39, 0.29) is 6.71 Å². The van der Waals surface area contributed by atoms with Crippen LogP contribution in [-0.2, 0) is 0 Å². The molecule has 108 heavy (non-hydrogen) atoms. The lowest BCUT2D eigenvalue weighted by molar-refractivity contribution is 0.668. The van der Waals surface area contributed by atoms with Crippen LogP contribution in [-0.4, -0.2) is 11.3 Å². The lowest BCUT2D eigenvalue weighted by Gasteiger charge is -2.46. The Morgan fingerprint density at radius 1 is 0.204 bits per heavy atom. The van der Waals surface area contributed by atoms with Gasteiger partial charge < -0.3 is 23.2 Å². The largest absolute Gasteiger partial charge is 0.456 e. The summed E-state index contributed by atoms with van der Waals surface area (Å²) in [6.07, 6.45) is 0. The Labute approximate surface area is 625 Å². The molecule has 0 fully saturated rings. The molecule has 17 aromatic carbocycles. The van der Waals surface area contributed by atoms with Crippen LogP contribution in [0.3, 0.4) is 0 Å². The summed E-state index contributed by atoms with van der Waals surface area (Å²) < 4.78 is 15.9. The summed E-state index contributed by atoms with van der Waals surface area (Å²) in [5, 5.41) is 6.68. The van der Waals surface area contributed by atoms with Crippen molar-refractivity contribution >= 4 is 123 Å². The standard InChI is InChI=1S/C102H64BN3O2/c1-7-25-65(26-8-1)71-47-53-96-84(57-71)86-59-73(49-55-98(86)107-96)75-45-51-88-92(61-75)105(101-78(67-29-11-3-12-30-67)39-23-40-79(101)68-31-13-4-14-32-68)94-63-77(104-90-43-21-19-37-82(90)83-38-20-22-44-91(83)104)64-95-100(94)103(88)89-52-46-76(74-50-56-99-87(60-74)85-58-72(48-54-97(85)108-99)66-27-9-2-10-28-66)62-93(89)106(95)102-80(69-33-15-5-16-34-69)41-24-42-81(102)70-35-17-6-18-36-70/h1-64H. The van der Waals surface area contributed by atoms with E-state index in [4.69, 9.17) is 8.83 Å². The first-order valence-electron chi connectivity index (χ1n) is 37.1. The summed E-state index contributed by atoms with van der Waals surface area (Å²) in [4.78, 5) is 5.33. The zero-order valence-corrected chi connectivity index (χ0v) is 58.7. The molecule has 0 N–H and O–H groups in total. The highest BCUT2D eigenvalue weighted by atomic mass is 16.3. The number of hydrogen-bond donors (Lipinski definition) is 0. The Balaban J connectivity index is 0.876. The van der Waals surface area contributed by atoms with Crippen LogP contribution in [0.15, 0.2) is 397 Å². The molecule has 3 aromatic heterocycles. The second-order valence-corrected chi connectivity index (χ2v) is 28.6. The van der Waals surface area contributed by atoms with Gasteiger partial charge in [-0.2, -0.15) is 0 Å². The van der Waals surface area contributed by atoms with Gasteiger partial charge in [-0.1, -0.05) is 303 Å². The van der Waals surface area contributed by atoms with Crippen molar-refractivity contribution in [2.45, 2.75) is 0 Å². The lowest BCUT2D eigenvalue weighted by Crippen LogP contribution is -2.61. The average Bonchev–Trinajstić information content (AvgIpc) is 0.766. The van der Waals surface area contributed by atoms with E-state index in [0.29, 0.717) is 0 Å². The fourth-order valence-electron chi connectivity index (χ4n) is 17.7. The van der Waals surface area contributed by atoms with Gasteiger partial charge in [-0.15, -0.1) is 0 Å². The molecule has 0 spiro atoms. The summed E-state index contributed by atoms with van der Waals surface area (Å²) >= 11 is 0. The minimum atomic E-state index is -0.288. The summed E-state index contributed by atoms with van der Waals surface area (Å²) in [6, 6.07) is 143. The Morgan fingerprint density at radius 2 is 0.491 bits per heavy atom. The van der Waals surface area contributed by atoms with E-state index in [2.05, 4.69) is 403 Å². The summed E-state index contributed by atoms with van der Waals surface area (Å²) in [6.45, 7) is -0.288. The van der Waals surface area contributed by atoms with Crippen molar-refractivity contribution in [1.82, 2.24) is 4.57 Å². The normalized spacial score (nSPS) is 12.4. The smallest absolute Gasteiger partial charge is 0.252 e. The van der Waals surface area contributed by atoms with Gasteiger partial charge in [0.05, 0.1) is 28.1 Å². The van der Waals surface area contributed by atoms with Crippen molar-refractivity contribution in [3.05, 3.63) is 388 Å². The van der Waals surface area contributed by atoms with Gasteiger partial charge in [0.1, 0.15) is 22.3 Å². The van der Waals surface area contributed by atoms with Gasteiger partial charge in [0.15, 0.2) is 0 Å². The molecule has 0 saturated carbocycles. The highest BCUT2D eigenvalue weighted by molar-refractivity contribution is 7.00. The highest BCUT2D eigenvalue weighted by Crippen LogP contribution is 2.55. The van der Waals surface area contributed by atoms with Crippen LogP contribution < -0.4 is 26.2 Å². The van der Waals surface area contributed by atoms with Gasteiger partial charge in [0.25, 0.3) is 6.71 Å². The molecule has 2 aliphatic heterocycles. The third-order valence-electron chi connectivity index (χ3n) is 22.6. The Morgan fingerprint density at radius 3 is 0.833 bits per heavy atom. The van der Waals surface area contributed by atoms with Crippen molar-refractivity contribution in [3.63, 3.8) is 0 Å². The summed E-state index contributed by atoms with van der Waals surface area (Å²) in [7, 11) is 0. The minimum Gasteiger partial charge on any atom is -0.456 e. The third-order valence-corrected chi connectivity index (χ3v) is 22.6. The maximum absolute atomic E-state index is 6.70. The fourth-order valence-corrected chi connectivity index (χ4v) is 17.7. The lowest BCUT2D eigenvalue weighted by atomic mass is 9.33. The van der Waals surface area contributed by atoms with E-state index in [1.165, 1.54) is 27.2 Å². The van der Waals surface area contributed by atoms with Gasteiger partial charge in [-0.25, -0.2) is 0 Å². The number of hydrogen-bond acceptors (Lipinski definition) is 4. The second kappa shape index (κ2) is 24.7. The topological polar surface area (TPSA) is 37.7 Å². The van der Waals surface area contributed by atoms with Crippen LogP contribution in [0.1, 0.15) is 0 Å². The van der Waals surface area contributed by atoms with E-state index >= 15 is 0 Å². The Hall–Kier alpha value is -14.2. The number of para-hydroxylation sites is 4. The van der Waals surface area contributed by atoms with Crippen LogP contribution in [0.2, 0.25) is 0 Å². The molecule has 0 unspecified atom stereocenters. The van der Waals surface area contributed by atoms with Crippen molar-refractivity contribution in [2.75, 3.05) is 9.80 Å². The average molecular weight is 1370 g/mol. The van der Waals surface area contributed by atoms with Crippen molar-refractivity contribution < 1.29 is 8.83 Å². The molecule has 0 amide bonds. The SMILES string of the molecule is c1ccc(-c2ccc3oc4ccc(-c5ccc6c(c5)N(c5c(-c7ccccc7)cccc5-c5ccccc5)c5cc(-n7c8ccccc8c8ccccc87)cc7c5B6c5ccc(-c6ccc8oc9ccc(-c%10ccccc%10)cc9c8c6)cc5N7c5c(-c6ccccc6)cccc5-c5ccccc5)cc4c3c2)cc1. The number of aromatic nitrogens is 1. The molecule has 502 valence electrons. The first kappa shape index (κ1) is 61.3. The molecule has 20 aromatic rings. The van der Waals surface area contributed by atoms with E-state index in [0.717, 1.165) is 184 Å². The van der Waals surface area contributed by atoms with Crippen LogP contribution in [0, 0.1) is 0 Å². The molecule has 6 heteroatoms. The van der Waals surface area contributed by atoms with E-state index < -0.39 is 0 Å². The predicted molar refractivity (Wildman–Crippen MR) is 453 cm³/mol. The van der Waals surface area contributed by atoms with E-state index in [1.807, 2.05) is 0 Å². The molecule has 5 nitrogen and oxygen atoms in total. The van der Waals surface area contributed by atoms with E-state index in [1.54, 1.807) is 0 Å². The fraction of sp³-hybridized carbons (Fsp3) is 0. The zero-order chi connectivity index (χ0) is 70.9. The zero-order valence-electron chi connectivity index (χ0n) is 58.7. The van der Waals surface area contributed by atoms with Crippen molar-refractivity contribution in [2.24, 2.45) is 0 Å².